The second-order valence-electron chi connectivity index (χ2n) is 4.27. The highest BCUT2D eigenvalue weighted by atomic mass is 19.1. The molecule has 1 heterocycles. The number of hydrogen-bond acceptors (Lipinski definition) is 3. The number of carbonyl (C=O) groups is 1. The molecule has 1 aromatic rings. The van der Waals surface area contributed by atoms with Gasteiger partial charge in [0, 0.05) is 31.7 Å². The van der Waals surface area contributed by atoms with Gasteiger partial charge >= 0.3 is 0 Å². The number of aromatic hydroxyl groups is 1. The highest BCUT2D eigenvalue weighted by molar-refractivity contribution is 5.94. The Morgan fingerprint density at radius 1 is 1.59 bits per heavy atom. The summed E-state index contributed by atoms with van der Waals surface area (Å²) in [4.78, 5) is 13.7. The first-order valence-corrected chi connectivity index (χ1v) is 5.59. The van der Waals surface area contributed by atoms with Gasteiger partial charge in [0.15, 0.2) is 0 Å². The van der Waals surface area contributed by atoms with Crippen molar-refractivity contribution in [3.05, 3.63) is 29.6 Å². The van der Waals surface area contributed by atoms with Crippen molar-refractivity contribution in [2.24, 2.45) is 0 Å². The molecule has 4 nitrogen and oxygen atoms in total. The first-order chi connectivity index (χ1) is 8.08. The number of rotatable bonds is 1. The zero-order chi connectivity index (χ0) is 12.4. The second-order valence-corrected chi connectivity index (χ2v) is 4.27. The number of nitrogens with one attached hydrogen (secondary N) is 1. The summed E-state index contributed by atoms with van der Waals surface area (Å²) in [6.07, 6.45) is 0. The van der Waals surface area contributed by atoms with Crippen molar-refractivity contribution in [1.82, 2.24) is 10.2 Å². The second kappa shape index (κ2) is 4.71. The Balaban J connectivity index is 2.18. The van der Waals surface area contributed by atoms with Crippen molar-refractivity contribution in [3.63, 3.8) is 0 Å². The molecule has 1 saturated heterocycles. The monoisotopic (exact) mass is 238 g/mol. The Morgan fingerprint density at radius 2 is 2.35 bits per heavy atom. The van der Waals surface area contributed by atoms with Crippen LogP contribution in [0, 0.1) is 5.82 Å². The van der Waals surface area contributed by atoms with Crippen LogP contribution in [0.25, 0.3) is 0 Å². The van der Waals surface area contributed by atoms with Crippen LogP contribution in [0.15, 0.2) is 18.2 Å². The Bertz CT molecular complexity index is 437. The number of phenolic OH excluding ortho intramolecular Hbond substituents is 1. The number of phenols is 1. The molecule has 0 aliphatic carbocycles. The van der Waals surface area contributed by atoms with E-state index in [0.717, 1.165) is 6.07 Å². The van der Waals surface area contributed by atoms with E-state index in [2.05, 4.69) is 5.32 Å². The fourth-order valence-electron chi connectivity index (χ4n) is 1.96. The molecule has 1 aliphatic heterocycles. The quantitative estimate of drug-likeness (QED) is 0.766. The molecule has 1 amide bonds. The maximum atomic E-state index is 13.5. The van der Waals surface area contributed by atoms with E-state index in [0.29, 0.717) is 19.6 Å². The van der Waals surface area contributed by atoms with Gasteiger partial charge in [-0.05, 0) is 19.1 Å². The Morgan fingerprint density at radius 3 is 3.00 bits per heavy atom. The number of amides is 1. The van der Waals surface area contributed by atoms with Gasteiger partial charge in [0.2, 0.25) is 0 Å². The van der Waals surface area contributed by atoms with Crippen LogP contribution in [0.3, 0.4) is 0 Å². The van der Waals surface area contributed by atoms with E-state index in [1.54, 1.807) is 4.90 Å². The van der Waals surface area contributed by atoms with Crippen LogP contribution >= 0.6 is 0 Å². The van der Waals surface area contributed by atoms with Crippen LogP contribution < -0.4 is 5.32 Å². The molecular formula is C12H15FN2O2. The van der Waals surface area contributed by atoms with E-state index in [9.17, 15) is 9.18 Å². The average molecular weight is 238 g/mol. The summed E-state index contributed by atoms with van der Waals surface area (Å²) in [5.74, 6) is -1.18. The third kappa shape index (κ3) is 2.55. The molecule has 1 fully saturated rings. The largest absolute Gasteiger partial charge is 0.508 e. The summed E-state index contributed by atoms with van der Waals surface area (Å²) in [5, 5.41) is 12.3. The Hall–Kier alpha value is -1.62. The summed E-state index contributed by atoms with van der Waals surface area (Å²) in [7, 11) is 0. The minimum absolute atomic E-state index is 0.0110. The average Bonchev–Trinajstić information content (AvgIpc) is 2.28. The van der Waals surface area contributed by atoms with Gasteiger partial charge in [-0.3, -0.25) is 4.79 Å². The van der Waals surface area contributed by atoms with Gasteiger partial charge in [-0.25, -0.2) is 4.39 Å². The van der Waals surface area contributed by atoms with Crippen LogP contribution in [-0.4, -0.2) is 41.6 Å². The smallest absolute Gasteiger partial charge is 0.256 e. The zero-order valence-corrected chi connectivity index (χ0v) is 9.61. The summed E-state index contributed by atoms with van der Waals surface area (Å²) >= 11 is 0. The van der Waals surface area contributed by atoms with E-state index < -0.39 is 5.82 Å². The molecule has 2 N–H and O–H groups in total. The first-order valence-electron chi connectivity index (χ1n) is 5.59. The van der Waals surface area contributed by atoms with Gasteiger partial charge in [0.05, 0.1) is 5.56 Å². The minimum atomic E-state index is -0.679. The molecule has 0 saturated carbocycles. The lowest BCUT2D eigenvalue weighted by atomic mass is 10.1. The fourth-order valence-corrected chi connectivity index (χ4v) is 1.96. The van der Waals surface area contributed by atoms with E-state index in [4.69, 9.17) is 5.11 Å². The number of halogens is 1. The molecule has 0 radical (unpaired) electrons. The Kier molecular flexibility index (Phi) is 3.28. The number of hydrogen-bond donors (Lipinski definition) is 2. The highest BCUT2D eigenvalue weighted by Crippen LogP contribution is 2.17. The highest BCUT2D eigenvalue weighted by Gasteiger charge is 2.23. The van der Waals surface area contributed by atoms with E-state index in [1.807, 2.05) is 6.92 Å². The lowest BCUT2D eigenvalue weighted by Gasteiger charge is -2.32. The standard InChI is InChI=1S/C12H15FN2O2/c1-8-7-15(5-4-14-8)12(17)10-3-2-9(16)6-11(10)13/h2-3,6,8,14,16H,4-5,7H2,1H3/t8-/m1/s1. The summed E-state index contributed by atoms with van der Waals surface area (Å²) in [6.45, 7) is 3.84. The van der Waals surface area contributed by atoms with Crippen LogP contribution in [0.1, 0.15) is 17.3 Å². The molecule has 5 heteroatoms. The van der Waals surface area contributed by atoms with Crippen molar-refractivity contribution < 1.29 is 14.3 Å². The molecule has 0 bridgehead atoms. The molecule has 92 valence electrons. The van der Waals surface area contributed by atoms with Crippen molar-refractivity contribution in [1.29, 1.82) is 0 Å². The first kappa shape index (κ1) is 11.9. The van der Waals surface area contributed by atoms with Crippen LogP contribution in [0.4, 0.5) is 4.39 Å². The van der Waals surface area contributed by atoms with Crippen molar-refractivity contribution >= 4 is 5.91 Å². The van der Waals surface area contributed by atoms with E-state index in [-0.39, 0.29) is 23.3 Å². The fraction of sp³-hybridized carbons (Fsp3) is 0.417. The molecule has 17 heavy (non-hydrogen) atoms. The number of nitrogens with zero attached hydrogens (tertiary/aromatic N) is 1. The molecule has 0 aromatic heterocycles. The lowest BCUT2D eigenvalue weighted by Crippen LogP contribution is -2.51. The topological polar surface area (TPSA) is 52.6 Å². The maximum Gasteiger partial charge on any atom is 0.256 e. The predicted octanol–water partition coefficient (Wildman–Crippen LogP) is 0.965. The van der Waals surface area contributed by atoms with E-state index >= 15 is 0 Å². The van der Waals surface area contributed by atoms with Crippen LogP contribution in [0.2, 0.25) is 0 Å². The Labute approximate surface area is 99.0 Å². The van der Waals surface area contributed by atoms with Gasteiger partial charge in [-0.2, -0.15) is 0 Å². The zero-order valence-electron chi connectivity index (χ0n) is 9.61. The van der Waals surface area contributed by atoms with Gasteiger partial charge in [-0.15, -0.1) is 0 Å². The molecule has 0 unspecified atom stereocenters. The molecule has 1 atom stereocenters. The van der Waals surface area contributed by atoms with Crippen LogP contribution in [0.5, 0.6) is 5.75 Å². The summed E-state index contributed by atoms with van der Waals surface area (Å²) in [6, 6.07) is 3.81. The van der Waals surface area contributed by atoms with Crippen molar-refractivity contribution in [2.45, 2.75) is 13.0 Å². The van der Waals surface area contributed by atoms with Gasteiger partial charge < -0.3 is 15.3 Å². The maximum absolute atomic E-state index is 13.5. The van der Waals surface area contributed by atoms with Crippen molar-refractivity contribution in [2.75, 3.05) is 19.6 Å². The minimum Gasteiger partial charge on any atom is -0.508 e. The number of carbonyl (C=O) groups excluding carboxylic acids is 1. The van der Waals surface area contributed by atoms with Gasteiger partial charge in [-0.1, -0.05) is 0 Å². The third-order valence-corrected chi connectivity index (χ3v) is 2.84. The lowest BCUT2D eigenvalue weighted by molar-refractivity contribution is 0.0704. The molecular weight excluding hydrogens is 223 g/mol. The predicted molar refractivity (Wildman–Crippen MR) is 61.4 cm³/mol. The van der Waals surface area contributed by atoms with Gasteiger partial charge in [0.1, 0.15) is 11.6 Å². The normalized spacial score (nSPS) is 20.4. The van der Waals surface area contributed by atoms with E-state index in [1.165, 1.54) is 12.1 Å². The molecule has 1 aromatic carbocycles. The van der Waals surface area contributed by atoms with Gasteiger partial charge in [0.25, 0.3) is 5.91 Å². The van der Waals surface area contributed by atoms with Crippen LogP contribution in [-0.2, 0) is 0 Å². The van der Waals surface area contributed by atoms with Crippen molar-refractivity contribution in [3.8, 4) is 5.75 Å². The summed E-state index contributed by atoms with van der Waals surface area (Å²) in [5.41, 5.74) is 0.0110. The third-order valence-electron chi connectivity index (χ3n) is 2.84. The number of benzene rings is 1. The summed E-state index contributed by atoms with van der Waals surface area (Å²) < 4.78 is 13.5. The molecule has 1 aliphatic rings. The molecule has 0 spiro atoms. The SMILES string of the molecule is C[C@@H]1CN(C(=O)c2ccc(O)cc2F)CCN1. The molecule has 2 rings (SSSR count). The number of piperazine rings is 1.